The van der Waals surface area contributed by atoms with Crippen molar-refractivity contribution in [3.8, 4) is 0 Å². The fourth-order valence-corrected chi connectivity index (χ4v) is 6.26. The van der Waals surface area contributed by atoms with Gasteiger partial charge >= 0.3 is 0 Å². The zero-order chi connectivity index (χ0) is 21.5. The number of carbonyl (C=O) groups is 1. The van der Waals surface area contributed by atoms with E-state index >= 15 is 0 Å². The molecule has 0 unspecified atom stereocenters. The van der Waals surface area contributed by atoms with Crippen LogP contribution in [0.3, 0.4) is 0 Å². The van der Waals surface area contributed by atoms with Crippen LogP contribution in [0.1, 0.15) is 60.8 Å². The van der Waals surface area contributed by atoms with Gasteiger partial charge in [-0.05, 0) is 56.4 Å². The van der Waals surface area contributed by atoms with Crippen LogP contribution in [0.2, 0.25) is 0 Å². The van der Waals surface area contributed by atoms with Gasteiger partial charge in [-0.3, -0.25) is 4.79 Å². The summed E-state index contributed by atoms with van der Waals surface area (Å²) in [6, 6.07) is 13.1. The van der Waals surface area contributed by atoms with Gasteiger partial charge in [-0.25, -0.2) is 8.42 Å². The van der Waals surface area contributed by atoms with Crippen molar-refractivity contribution in [2.45, 2.75) is 63.9 Å². The summed E-state index contributed by atoms with van der Waals surface area (Å²) >= 11 is 0. The number of nitrogens with one attached hydrogen (secondary N) is 1. The minimum atomic E-state index is -3.72. The van der Waals surface area contributed by atoms with Gasteiger partial charge in [0.1, 0.15) is 0 Å². The van der Waals surface area contributed by atoms with E-state index in [1.807, 2.05) is 57.2 Å². The number of Topliss-reactive ketones (excluding diaryl/α,β-unsaturated/α-hetero) is 1. The van der Waals surface area contributed by atoms with Crippen molar-refractivity contribution in [1.29, 1.82) is 0 Å². The number of ketones is 1. The first-order valence-electron chi connectivity index (χ1n) is 10.6. The number of benzene rings is 2. The van der Waals surface area contributed by atoms with Gasteiger partial charge in [0.15, 0.2) is 5.78 Å². The quantitative estimate of drug-likeness (QED) is 0.615. The number of rotatable bonds is 6. The van der Waals surface area contributed by atoms with Gasteiger partial charge in [-0.15, -0.1) is 0 Å². The van der Waals surface area contributed by atoms with Gasteiger partial charge in [-0.2, -0.15) is 4.31 Å². The average Bonchev–Trinajstić information content (AvgIpc) is 3.10. The number of fused-ring (bicyclic) bond motifs is 3. The summed E-state index contributed by atoms with van der Waals surface area (Å²) in [6.07, 6.45) is 2.80. The lowest BCUT2D eigenvalue weighted by atomic mass is 9.94. The average molecular weight is 425 g/mol. The van der Waals surface area contributed by atoms with E-state index in [4.69, 9.17) is 0 Å². The lowest BCUT2D eigenvalue weighted by Crippen LogP contribution is -2.36. The van der Waals surface area contributed by atoms with Crippen LogP contribution in [0.4, 0.5) is 0 Å². The zero-order valence-corrected chi connectivity index (χ0v) is 18.6. The molecule has 1 N–H and O–H groups in total. The number of hydrogen-bond donors (Lipinski definition) is 1. The molecule has 3 aromatic rings. The number of aryl methyl sites for hydroxylation is 2. The van der Waals surface area contributed by atoms with E-state index in [1.165, 1.54) is 0 Å². The maximum absolute atomic E-state index is 13.8. The molecule has 0 bridgehead atoms. The minimum absolute atomic E-state index is 0.146. The predicted octanol–water partition coefficient (Wildman–Crippen LogP) is 4.85. The predicted molar refractivity (Wildman–Crippen MR) is 119 cm³/mol. The smallest absolute Gasteiger partial charge is 0.243 e. The van der Waals surface area contributed by atoms with Crippen LogP contribution in [-0.2, 0) is 29.4 Å². The number of aromatic amines is 1. The number of sulfonamides is 1. The molecule has 0 saturated carbocycles. The van der Waals surface area contributed by atoms with Crippen molar-refractivity contribution in [2.24, 2.45) is 0 Å². The van der Waals surface area contributed by atoms with Crippen LogP contribution in [-0.4, -0.2) is 29.5 Å². The maximum Gasteiger partial charge on any atom is 0.243 e. The van der Waals surface area contributed by atoms with E-state index in [1.54, 1.807) is 10.4 Å². The number of carbonyl (C=O) groups excluding carboxylic acids is 1. The Bertz CT molecular complexity index is 1190. The molecule has 0 spiro atoms. The van der Waals surface area contributed by atoms with Gasteiger partial charge in [0.2, 0.25) is 10.0 Å². The Morgan fingerprint density at radius 2 is 1.83 bits per heavy atom. The standard InChI is InChI=1S/C24H28N2O3S/c1-4-18-13-19-21(25-20-11-8-12-22(27)24(19)20)14-23(18)30(28,29)26(16(2)3)15-17-9-6-5-7-10-17/h5-7,9-10,13-14,16,25H,4,8,11-12,15H2,1-3H3. The fourth-order valence-electron chi connectivity index (χ4n) is 4.33. The normalized spacial score (nSPS) is 14.6. The first-order valence-corrected chi connectivity index (χ1v) is 12.0. The van der Waals surface area contributed by atoms with E-state index in [2.05, 4.69) is 4.98 Å². The summed E-state index contributed by atoms with van der Waals surface area (Å²) < 4.78 is 29.1. The molecule has 1 aromatic heterocycles. The summed E-state index contributed by atoms with van der Waals surface area (Å²) in [6.45, 7) is 6.08. The van der Waals surface area contributed by atoms with Gasteiger partial charge in [0.25, 0.3) is 0 Å². The lowest BCUT2D eigenvalue weighted by molar-refractivity contribution is 0.0974. The highest BCUT2D eigenvalue weighted by molar-refractivity contribution is 7.89. The molecule has 5 nitrogen and oxygen atoms in total. The summed E-state index contributed by atoms with van der Waals surface area (Å²) in [7, 11) is -3.72. The highest BCUT2D eigenvalue weighted by atomic mass is 32.2. The van der Waals surface area contributed by atoms with Gasteiger partial charge in [-0.1, -0.05) is 37.3 Å². The highest BCUT2D eigenvalue weighted by Crippen LogP contribution is 2.34. The number of hydrogen-bond acceptors (Lipinski definition) is 3. The molecular formula is C24H28N2O3S. The number of nitrogens with zero attached hydrogens (tertiary/aromatic N) is 1. The van der Waals surface area contributed by atoms with Crippen LogP contribution in [0.5, 0.6) is 0 Å². The first-order chi connectivity index (χ1) is 14.3. The molecule has 6 heteroatoms. The third-order valence-corrected chi connectivity index (χ3v) is 8.00. The van der Waals surface area contributed by atoms with Crippen LogP contribution in [0.15, 0.2) is 47.4 Å². The van der Waals surface area contributed by atoms with Crippen molar-refractivity contribution >= 4 is 26.7 Å². The molecule has 1 aliphatic carbocycles. The van der Waals surface area contributed by atoms with Crippen LogP contribution in [0.25, 0.3) is 10.9 Å². The monoisotopic (exact) mass is 424 g/mol. The summed E-state index contributed by atoms with van der Waals surface area (Å²) in [5, 5.41) is 0.852. The Morgan fingerprint density at radius 3 is 2.50 bits per heavy atom. The van der Waals surface area contributed by atoms with Crippen molar-refractivity contribution in [3.63, 3.8) is 0 Å². The molecular weight excluding hydrogens is 396 g/mol. The number of H-pyrrole nitrogens is 1. The van der Waals surface area contributed by atoms with Crippen LogP contribution < -0.4 is 0 Å². The van der Waals surface area contributed by atoms with E-state index < -0.39 is 10.0 Å². The molecule has 30 heavy (non-hydrogen) atoms. The zero-order valence-electron chi connectivity index (χ0n) is 17.7. The third-order valence-electron chi connectivity index (χ3n) is 5.89. The second-order valence-electron chi connectivity index (χ2n) is 8.24. The topological polar surface area (TPSA) is 70.2 Å². The number of aromatic nitrogens is 1. The van der Waals surface area contributed by atoms with Crippen LogP contribution in [0, 0.1) is 0 Å². The van der Waals surface area contributed by atoms with Gasteiger partial charge in [0, 0.05) is 41.2 Å². The van der Waals surface area contributed by atoms with Crippen molar-refractivity contribution in [3.05, 3.63) is 64.8 Å². The van der Waals surface area contributed by atoms with Crippen molar-refractivity contribution in [1.82, 2.24) is 9.29 Å². The molecule has 0 amide bonds. The fraction of sp³-hybridized carbons (Fsp3) is 0.375. The molecule has 0 radical (unpaired) electrons. The Hall–Kier alpha value is -2.44. The second kappa shape index (κ2) is 8.00. The summed E-state index contributed by atoms with van der Waals surface area (Å²) in [4.78, 5) is 16.1. The molecule has 2 aromatic carbocycles. The van der Waals surface area contributed by atoms with Gasteiger partial charge in [0.05, 0.1) is 4.90 Å². The highest BCUT2D eigenvalue weighted by Gasteiger charge is 2.31. The lowest BCUT2D eigenvalue weighted by Gasteiger charge is -2.27. The van der Waals surface area contributed by atoms with Crippen LogP contribution >= 0.6 is 0 Å². The van der Waals surface area contributed by atoms with E-state index in [-0.39, 0.29) is 11.8 Å². The van der Waals surface area contributed by atoms with E-state index in [0.29, 0.717) is 24.3 Å². The molecule has 1 heterocycles. The first kappa shape index (κ1) is 20.8. The largest absolute Gasteiger partial charge is 0.358 e. The SMILES string of the molecule is CCc1cc2c3c([nH]c2cc1S(=O)(=O)N(Cc1ccccc1)C(C)C)CCCC3=O. The minimum Gasteiger partial charge on any atom is -0.358 e. The summed E-state index contributed by atoms with van der Waals surface area (Å²) in [5.41, 5.74) is 4.12. The summed E-state index contributed by atoms with van der Waals surface area (Å²) in [5.74, 6) is 0.146. The van der Waals surface area contributed by atoms with Crippen molar-refractivity contribution in [2.75, 3.05) is 0 Å². The Kier molecular flexibility index (Phi) is 5.55. The Balaban J connectivity index is 1.84. The Morgan fingerprint density at radius 1 is 1.10 bits per heavy atom. The van der Waals surface area contributed by atoms with E-state index in [0.717, 1.165) is 46.1 Å². The van der Waals surface area contributed by atoms with Gasteiger partial charge < -0.3 is 4.98 Å². The van der Waals surface area contributed by atoms with E-state index in [9.17, 15) is 13.2 Å². The third kappa shape index (κ3) is 3.59. The molecule has 4 rings (SSSR count). The molecule has 1 aliphatic rings. The van der Waals surface area contributed by atoms with Crippen molar-refractivity contribution < 1.29 is 13.2 Å². The molecule has 158 valence electrons. The molecule has 0 saturated heterocycles. The maximum atomic E-state index is 13.8. The molecule has 0 fully saturated rings. The Labute approximate surface area is 178 Å². The second-order valence-corrected chi connectivity index (χ2v) is 10.1. The molecule has 0 atom stereocenters. The molecule has 0 aliphatic heterocycles.